The topological polar surface area (TPSA) is 69.0 Å². The molecule has 0 spiro atoms. The quantitative estimate of drug-likeness (QED) is 0.853. The number of pyridine rings is 1. The molecule has 0 aromatic carbocycles. The van der Waals surface area contributed by atoms with E-state index in [4.69, 9.17) is 4.74 Å². The van der Waals surface area contributed by atoms with Crippen LogP contribution >= 0.6 is 0 Å². The molecular weight excluding hydrogens is 244 g/mol. The molecule has 6 nitrogen and oxygen atoms in total. The molecule has 0 aliphatic heterocycles. The van der Waals surface area contributed by atoms with Crippen LogP contribution < -0.4 is 5.32 Å². The van der Waals surface area contributed by atoms with Crippen LogP contribution in [0.3, 0.4) is 0 Å². The zero-order chi connectivity index (χ0) is 13.8. The van der Waals surface area contributed by atoms with Crippen LogP contribution in [-0.2, 0) is 11.3 Å². The van der Waals surface area contributed by atoms with Crippen molar-refractivity contribution in [1.82, 2.24) is 14.8 Å². The molecule has 0 aliphatic carbocycles. The van der Waals surface area contributed by atoms with Gasteiger partial charge in [0.1, 0.15) is 0 Å². The lowest BCUT2D eigenvalue weighted by molar-refractivity contribution is 0.0602. The lowest BCUT2D eigenvalue weighted by Crippen LogP contribution is -2.06. The second-order valence-corrected chi connectivity index (χ2v) is 4.05. The highest BCUT2D eigenvalue weighted by Crippen LogP contribution is 2.21. The molecule has 0 amide bonds. The second kappa shape index (κ2) is 5.51. The van der Waals surface area contributed by atoms with E-state index in [1.165, 1.54) is 7.11 Å². The second-order valence-electron chi connectivity index (χ2n) is 4.05. The third kappa shape index (κ3) is 2.73. The summed E-state index contributed by atoms with van der Waals surface area (Å²) in [6, 6.07) is 1.61. The Morgan fingerprint density at radius 2 is 2.32 bits per heavy atom. The number of aryl methyl sites for hydroxylation is 2. The monoisotopic (exact) mass is 260 g/mol. The number of hydrogen-bond acceptors (Lipinski definition) is 5. The number of carbonyl (C=O) groups excluding carboxylic acids is 1. The molecule has 2 aromatic heterocycles. The summed E-state index contributed by atoms with van der Waals surface area (Å²) in [5.74, 6) is 0.303. The van der Waals surface area contributed by atoms with Gasteiger partial charge in [-0.1, -0.05) is 0 Å². The largest absolute Gasteiger partial charge is 0.465 e. The minimum absolute atomic E-state index is 0.405. The van der Waals surface area contributed by atoms with Crippen molar-refractivity contribution in [3.63, 3.8) is 0 Å². The number of rotatable bonds is 4. The van der Waals surface area contributed by atoms with Crippen LogP contribution in [0.4, 0.5) is 11.5 Å². The minimum Gasteiger partial charge on any atom is -0.465 e. The summed E-state index contributed by atoms with van der Waals surface area (Å²) in [7, 11) is 1.35. The molecule has 2 aromatic rings. The van der Waals surface area contributed by atoms with Gasteiger partial charge in [0.05, 0.1) is 24.6 Å². The van der Waals surface area contributed by atoms with Crippen LogP contribution in [0, 0.1) is 6.92 Å². The lowest BCUT2D eigenvalue weighted by Gasteiger charge is -2.08. The number of nitrogens with zero attached hydrogens (tertiary/aromatic N) is 3. The molecule has 6 heteroatoms. The van der Waals surface area contributed by atoms with Gasteiger partial charge in [-0.15, -0.1) is 0 Å². The van der Waals surface area contributed by atoms with Crippen molar-refractivity contribution in [1.29, 1.82) is 0 Å². The van der Waals surface area contributed by atoms with Gasteiger partial charge in [0.2, 0.25) is 0 Å². The van der Waals surface area contributed by atoms with E-state index in [0.717, 1.165) is 12.1 Å². The highest BCUT2D eigenvalue weighted by Gasteiger charge is 2.13. The lowest BCUT2D eigenvalue weighted by atomic mass is 10.2. The molecule has 0 bridgehead atoms. The number of anilines is 2. The fourth-order valence-corrected chi connectivity index (χ4v) is 1.72. The van der Waals surface area contributed by atoms with Gasteiger partial charge < -0.3 is 10.1 Å². The first kappa shape index (κ1) is 13.1. The maximum Gasteiger partial charge on any atom is 0.340 e. The average Bonchev–Trinajstić information content (AvgIpc) is 2.79. The fourth-order valence-electron chi connectivity index (χ4n) is 1.72. The molecule has 1 N–H and O–H groups in total. The smallest absolute Gasteiger partial charge is 0.340 e. The van der Waals surface area contributed by atoms with Crippen molar-refractivity contribution in [3.8, 4) is 0 Å². The predicted octanol–water partition coefficient (Wildman–Crippen LogP) is 2.14. The number of aromatic nitrogens is 3. The Labute approximate surface area is 111 Å². The van der Waals surface area contributed by atoms with E-state index in [9.17, 15) is 4.79 Å². The summed E-state index contributed by atoms with van der Waals surface area (Å²) in [5.41, 5.74) is 2.02. The van der Waals surface area contributed by atoms with E-state index in [2.05, 4.69) is 15.4 Å². The fraction of sp³-hybridized carbons (Fsp3) is 0.308. The molecule has 0 unspecified atom stereocenters. The number of carbonyl (C=O) groups is 1. The Kier molecular flexibility index (Phi) is 3.79. The zero-order valence-corrected chi connectivity index (χ0v) is 11.2. The molecule has 100 valence electrons. The Hall–Kier alpha value is -2.37. The average molecular weight is 260 g/mol. The van der Waals surface area contributed by atoms with Crippen molar-refractivity contribution in [2.45, 2.75) is 20.4 Å². The van der Waals surface area contributed by atoms with Crippen molar-refractivity contribution >= 4 is 17.5 Å². The highest BCUT2D eigenvalue weighted by molar-refractivity contribution is 5.96. The third-order valence-electron chi connectivity index (χ3n) is 2.75. The van der Waals surface area contributed by atoms with Gasteiger partial charge in [-0.05, 0) is 19.9 Å². The molecule has 0 radical (unpaired) electrons. The van der Waals surface area contributed by atoms with Crippen molar-refractivity contribution in [2.24, 2.45) is 0 Å². The number of esters is 1. The van der Waals surface area contributed by atoms with Crippen LogP contribution in [0.15, 0.2) is 24.7 Å². The maximum atomic E-state index is 11.7. The normalized spacial score (nSPS) is 10.3. The van der Waals surface area contributed by atoms with E-state index in [1.807, 2.05) is 24.7 Å². The first-order valence-electron chi connectivity index (χ1n) is 5.99. The molecule has 19 heavy (non-hydrogen) atoms. The molecule has 0 atom stereocenters. The van der Waals surface area contributed by atoms with Crippen LogP contribution in [-0.4, -0.2) is 27.8 Å². The number of ether oxygens (including phenoxy) is 1. The van der Waals surface area contributed by atoms with Crippen molar-refractivity contribution in [3.05, 3.63) is 35.8 Å². The van der Waals surface area contributed by atoms with Crippen LogP contribution in [0.25, 0.3) is 0 Å². The van der Waals surface area contributed by atoms with Gasteiger partial charge >= 0.3 is 5.97 Å². The van der Waals surface area contributed by atoms with E-state index in [1.54, 1.807) is 18.5 Å². The summed E-state index contributed by atoms with van der Waals surface area (Å²) >= 11 is 0. The predicted molar refractivity (Wildman–Crippen MR) is 71.5 cm³/mol. The Morgan fingerprint density at radius 3 is 2.95 bits per heavy atom. The zero-order valence-electron chi connectivity index (χ0n) is 11.2. The molecule has 0 fully saturated rings. The van der Waals surface area contributed by atoms with E-state index in [-0.39, 0.29) is 0 Å². The Morgan fingerprint density at radius 1 is 1.53 bits per heavy atom. The molecule has 0 aliphatic rings. The van der Waals surface area contributed by atoms with Crippen molar-refractivity contribution < 1.29 is 9.53 Å². The van der Waals surface area contributed by atoms with Gasteiger partial charge in [-0.25, -0.2) is 4.79 Å². The van der Waals surface area contributed by atoms with E-state index >= 15 is 0 Å². The van der Waals surface area contributed by atoms with Gasteiger partial charge in [0, 0.05) is 24.5 Å². The first-order valence-corrected chi connectivity index (χ1v) is 5.99. The molecule has 2 rings (SSSR count). The van der Waals surface area contributed by atoms with Gasteiger partial charge in [0.15, 0.2) is 5.82 Å². The minimum atomic E-state index is -0.405. The standard InChI is InChI=1S/C13H16N4O2/c1-4-17-8-9(2)12(16-17)15-11-7-14-6-5-10(11)13(18)19-3/h5-8H,4H2,1-3H3,(H,15,16). The van der Waals surface area contributed by atoms with Gasteiger partial charge in [-0.3, -0.25) is 9.67 Å². The summed E-state index contributed by atoms with van der Waals surface area (Å²) in [6.07, 6.45) is 5.07. The summed E-state index contributed by atoms with van der Waals surface area (Å²) in [5, 5.41) is 7.49. The Bertz CT molecular complexity index is 592. The third-order valence-corrected chi connectivity index (χ3v) is 2.75. The molecule has 0 saturated heterocycles. The summed E-state index contributed by atoms with van der Waals surface area (Å²) in [4.78, 5) is 15.7. The number of nitrogens with one attached hydrogen (secondary N) is 1. The summed E-state index contributed by atoms with van der Waals surface area (Å²) in [6.45, 7) is 4.76. The van der Waals surface area contributed by atoms with E-state index in [0.29, 0.717) is 17.1 Å². The number of methoxy groups -OCH3 is 1. The summed E-state index contributed by atoms with van der Waals surface area (Å²) < 4.78 is 6.56. The van der Waals surface area contributed by atoms with Crippen LogP contribution in [0.5, 0.6) is 0 Å². The molecule has 2 heterocycles. The van der Waals surface area contributed by atoms with Crippen LogP contribution in [0.1, 0.15) is 22.8 Å². The Balaban J connectivity index is 2.32. The van der Waals surface area contributed by atoms with Crippen LogP contribution in [0.2, 0.25) is 0 Å². The SMILES string of the molecule is CCn1cc(C)c(Nc2cnccc2C(=O)OC)n1. The molecule has 0 saturated carbocycles. The van der Waals surface area contributed by atoms with Gasteiger partial charge in [0.25, 0.3) is 0 Å². The molecular formula is C13H16N4O2. The van der Waals surface area contributed by atoms with Crippen molar-refractivity contribution in [2.75, 3.05) is 12.4 Å². The van der Waals surface area contributed by atoms with E-state index < -0.39 is 5.97 Å². The maximum absolute atomic E-state index is 11.7. The highest BCUT2D eigenvalue weighted by atomic mass is 16.5. The first-order chi connectivity index (χ1) is 9.15. The number of hydrogen-bond donors (Lipinski definition) is 1. The van der Waals surface area contributed by atoms with Gasteiger partial charge in [-0.2, -0.15) is 5.10 Å².